The smallest absolute Gasteiger partial charge is 0.194 e. The molecule has 0 N–H and O–H groups in total. The van der Waals surface area contributed by atoms with Crippen LogP contribution in [0.4, 0.5) is 0 Å². The molecule has 0 atom stereocenters. The summed E-state index contributed by atoms with van der Waals surface area (Å²) in [5, 5.41) is 0.148. The van der Waals surface area contributed by atoms with Crippen molar-refractivity contribution < 1.29 is 9.59 Å². The lowest BCUT2D eigenvalue weighted by Crippen LogP contribution is -2.22. The third-order valence-corrected chi connectivity index (χ3v) is 3.93. The lowest BCUT2D eigenvalue weighted by molar-refractivity contribution is -0.121. The molecule has 0 bridgehead atoms. The van der Waals surface area contributed by atoms with E-state index in [-0.39, 0.29) is 10.9 Å². The van der Waals surface area contributed by atoms with Gasteiger partial charge in [-0.3, -0.25) is 9.59 Å². The van der Waals surface area contributed by atoms with Crippen molar-refractivity contribution in [1.82, 2.24) is 0 Å². The minimum absolute atomic E-state index is 0.148. The minimum Gasteiger partial charge on any atom is -0.299 e. The Morgan fingerprint density at radius 3 is 2.33 bits per heavy atom. The zero-order chi connectivity index (χ0) is 13.6. The van der Waals surface area contributed by atoms with Crippen LogP contribution in [-0.2, 0) is 16.0 Å². The fraction of sp³-hybridized carbons (Fsp3) is 0.467. The molecule has 0 heterocycles. The highest BCUT2D eigenvalue weighted by Gasteiger charge is 2.27. The molecule has 1 aromatic rings. The molecule has 3 heteroatoms. The molecule has 0 aliphatic heterocycles. The second-order valence-electron chi connectivity index (χ2n) is 5.08. The Kier molecular flexibility index (Phi) is 5.60. The molecule has 0 saturated heterocycles. The summed E-state index contributed by atoms with van der Waals surface area (Å²) in [6.45, 7) is 3.81. The van der Waals surface area contributed by atoms with Crippen LogP contribution in [0.5, 0.6) is 0 Å². The summed E-state index contributed by atoms with van der Waals surface area (Å²) >= 11 is 1.24. The average molecular weight is 264 g/mol. The number of Topliss-reactive ketones (excluding diaryl/α,β-unsaturated/α-hetero) is 1. The second kappa shape index (κ2) is 6.74. The molecule has 0 radical (unpaired) electrons. The van der Waals surface area contributed by atoms with Crippen LogP contribution >= 0.6 is 11.8 Å². The molecule has 0 saturated carbocycles. The van der Waals surface area contributed by atoms with Gasteiger partial charge in [0.05, 0.1) is 0 Å². The monoisotopic (exact) mass is 264 g/mol. The molecule has 0 fully saturated rings. The Morgan fingerprint density at radius 1 is 1.17 bits per heavy atom. The van der Waals surface area contributed by atoms with Crippen LogP contribution in [0.25, 0.3) is 0 Å². The van der Waals surface area contributed by atoms with Gasteiger partial charge in [-0.15, -0.1) is 0 Å². The standard InChI is InChI=1S/C15H20O2S/c1-15(2,14(17)18-3)10-9-13(16)11-12-7-5-4-6-8-12/h4-8H,9-11H2,1-3H3. The van der Waals surface area contributed by atoms with Crippen molar-refractivity contribution in [2.75, 3.05) is 6.26 Å². The molecule has 0 spiro atoms. The van der Waals surface area contributed by atoms with Crippen LogP contribution in [0.2, 0.25) is 0 Å². The van der Waals surface area contributed by atoms with Crippen molar-refractivity contribution >= 4 is 22.7 Å². The van der Waals surface area contributed by atoms with Crippen molar-refractivity contribution in [2.24, 2.45) is 5.41 Å². The zero-order valence-electron chi connectivity index (χ0n) is 11.2. The van der Waals surface area contributed by atoms with Crippen molar-refractivity contribution in [2.45, 2.75) is 33.1 Å². The molecule has 1 aromatic carbocycles. The largest absolute Gasteiger partial charge is 0.299 e. The number of rotatable bonds is 6. The summed E-state index contributed by atoms with van der Waals surface area (Å²) in [6.07, 6.45) is 3.34. The number of hydrogen-bond donors (Lipinski definition) is 0. The van der Waals surface area contributed by atoms with Gasteiger partial charge in [0.2, 0.25) is 0 Å². The van der Waals surface area contributed by atoms with Gasteiger partial charge in [-0.25, -0.2) is 0 Å². The molecule has 0 aliphatic carbocycles. The Balaban J connectivity index is 2.45. The van der Waals surface area contributed by atoms with Crippen LogP contribution < -0.4 is 0 Å². The van der Waals surface area contributed by atoms with E-state index in [0.717, 1.165) is 5.56 Å². The van der Waals surface area contributed by atoms with E-state index in [9.17, 15) is 9.59 Å². The maximum Gasteiger partial charge on any atom is 0.194 e. The number of thioether (sulfide) groups is 1. The van der Waals surface area contributed by atoms with E-state index in [2.05, 4.69) is 0 Å². The Morgan fingerprint density at radius 2 is 1.78 bits per heavy atom. The lowest BCUT2D eigenvalue weighted by atomic mass is 9.87. The SMILES string of the molecule is CSC(=O)C(C)(C)CCC(=O)Cc1ccccc1. The first-order valence-electron chi connectivity index (χ1n) is 6.10. The Labute approximate surface area is 113 Å². The van der Waals surface area contributed by atoms with E-state index >= 15 is 0 Å². The fourth-order valence-corrected chi connectivity index (χ4v) is 2.40. The van der Waals surface area contributed by atoms with Gasteiger partial charge in [-0.1, -0.05) is 55.9 Å². The first kappa shape index (κ1) is 15.0. The molecule has 98 valence electrons. The van der Waals surface area contributed by atoms with Gasteiger partial charge in [0.1, 0.15) is 5.78 Å². The molecule has 0 aliphatic rings. The highest BCUT2D eigenvalue weighted by atomic mass is 32.2. The van der Waals surface area contributed by atoms with Gasteiger partial charge in [-0.05, 0) is 18.2 Å². The molecule has 1 rings (SSSR count). The maximum atomic E-state index is 11.9. The normalized spacial score (nSPS) is 11.3. The van der Waals surface area contributed by atoms with Gasteiger partial charge in [0.25, 0.3) is 0 Å². The summed E-state index contributed by atoms with van der Waals surface area (Å²) in [5.41, 5.74) is 0.627. The van der Waals surface area contributed by atoms with Gasteiger partial charge < -0.3 is 0 Å². The van der Waals surface area contributed by atoms with Crippen LogP contribution in [0.3, 0.4) is 0 Å². The summed E-state index contributed by atoms with van der Waals surface area (Å²) in [6, 6.07) is 9.72. The predicted octanol–water partition coefficient (Wildman–Crippen LogP) is 3.49. The quantitative estimate of drug-likeness (QED) is 0.788. The van der Waals surface area contributed by atoms with Gasteiger partial charge >= 0.3 is 0 Å². The van der Waals surface area contributed by atoms with E-state index in [4.69, 9.17) is 0 Å². The molecular weight excluding hydrogens is 244 g/mol. The summed E-state index contributed by atoms with van der Waals surface area (Å²) in [4.78, 5) is 23.5. The predicted molar refractivity (Wildman–Crippen MR) is 76.7 cm³/mol. The van der Waals surface area contributed by atoms with Crippen LogP contribution in [0, 0.1) is 5.41 Å². The Bertz CT molecular complexity index is 410. The number of ketones is 1. The Hall–Kier alpha value is -1.09. The number of carbonyl (C=O) groups is 2. The lowest BCUT2D eigenvalue weighted by Gasteiger charge is -2.21. The molecular formula is C15H20O2S. The molecule has 0 amide bonds. The third-order valence-electron chi connectivity index (χ3n) is 3.01. The van der Waals surface area contributed by atoms with Crippen LogP contribution in [0.1, 0.15) is 32.3 Å². The topological polar surface area (TPSA) is 34.1 Å². The summed E-state index contributed by atoms with van der Waals surface area (Å²) in [5.74, 6) is 0.197. The van der Waals surface area contributed by atoms with E-state index < -0.39 is 5.41 Å². The third kappa shape index (κ3) is 4.65. The summed E-state index contributed by atoms with van der Waals surface area (Å²) in [7, 11) is 0. The van der Waals surface area contributed by atoms with Crippen molar-refractivity contribution in [3.8, 4) is 0 Å². The zero-order valence-corrected chi connectivity index (χ0v) is 12.0. The van der Waals surface area contributed by atoms with Crippen LogP contribution in [0.15, 0.2) is 30.3 Å². The highest BCUT2D eigenvalue weighted by molar-refractivity contribution is 8.13. The second-order valence-corrected chi connectivity index (χ2v) is 5.86. The number of hydrogen-bond acceptors (Lipinski definition) is 3. The maximum absolute atomic E-state index is 11.9. The van der Waals surface area contributed by atoms with Crippen molar-refractivity contribution in [3.63, 3.8) is 0 Å². The number of benzene rings is 1. The van der Waals surface area contributed by atoms with Gasteiger partial charge in [0.15, 0.2) is 5.12 Å². The molecule has 0 unspecified atom stereocenters. The van der Waals surface area contributed by atoms with E-state index in [1.54, 1.807) is 6.26 Å². The minimum atomic E-state index is -0.411. The number of carbonyl (C=O) groups excluding carboxylic acids is 2. The molecule has 2 nitrogen and oxygen atoms in total. The summed E-state index contributed by atoms with van der Waals surface area (Å²) < 4.78 is 0. The molecule has 0 aromatic heterocycles. The average Bonchev–Trinajstić information content (AvgIpc) is 2.36. The first-order valence-corrected chi connectivity index (χ1v) is 7.32. The van der Waals surface area contributed by atoms with Crippen molar-refractivity contribution in [3.05, 3.63) is 35.9 Å². The fourth-order valence-electron chi connectivity index (χ4n) is 1.74. The van der Waals surface area contributed by atoms with Gasteiger partial charge in [-0.2, -0.15) is 0 Å². The highest BCUT2D eigenvalue weighted by Crippen LogP contribution is 2.28. The van der Waals surface area contributed by atoms with Crippen LogP contribution in [-0.4, -0.2) is 17.2 Å². The van der Waals surface area contributed by atoms with E-state index in [1.165, 1.54) is 11.8 Å². The molecule has 18 heavy (non-hydrogen) atoms. The van der Waals surface area contributed by atoms with E-state index in [0.29, 0.717) is 19.3 Å². The first-order chi connectivity index (χ1) is 8.45. The van der Waals surface area contributed by atoms with Gasteiger partial charge in [0, 0.05) is 18.3 Å². The van der Waals surface area contributed by atoms with Crippen molar-refractivity contribution in [1.29, 1.82) is 0 Å². The van der Waals surface area contributed by atoms with E-state index in [1.807, 2.05) is 44.2 Å².